The Hall–Kier alpha value is -3.66. The van der Waals surface area contributed by atoms with E-state index in [0.717, 1.165) is 36.4 Å². The fourth-order valence-electron chi connectivity index (χ4n) is 3.64. The molecule has 1 saturated heterocycles. The van der Waals surface area contributed by atoms with Gasteiger partial charge in [0.25, 0.3) is 5.91 Å². The molecule has 35 heavy (non-hydrogen) atoms. The average molecular weight is 495 g/mol. The predicted molar refractivity (Wildman–Crippen MR) is 118 cm³/mol. The van der Waals surface area contributed by atoms with E-state index in [0.29, 0.717) is 26.5 Å². The van der Waals surface area contributed by atoms with E-state index in [1.54, 1.807) is 0 Å². The number of morpholine rings is 1. The van der Waals surface area contributed by atoms with Gasteiger partial charge in [-0.05, 0) is 24.3 Å². The van der Waals surface area contributed by atoms with Gasteiger partial charge in [-0.15, -0.1) is 0 Å². The second-order valence-electron chi connectivity index (χ2n) is 7.36. The molecule has 2 aromatic carbocycles. The van der Waals surface area contributed by atoms with Crippen molar-refractivity contribution < 1.29 is 41.0 Å². The lowest BCUT2D eigenvalue weighted by Crippen LogP contribution is -2.41. The average Bonchev–Trinajstić information content (AvgIpc) is 3.23. The van der Waals surface area contributed by atoms with E-state index in [1.165, 1.54) is 4.90 Å². The van der Waals surface area contributed by atoms with Gasteiger partial charge in [-0.2, -0.15) is 0 Å². The molecule has 1 atom stereocenters. The van der Waals surface area contributed by atoms with Crippen molar-refractivity contribution in [3.8, 4) is 11.5 Å². The minimum Gasteiger partial charge on any atom is -0.440 e. The number of amides is 1. The summed E-state index contributed by atoms with van der Waals surface area (Å²) in [5, 5.41) is 0. The Bertz CT molecular complexity index is 1180. The molecule has 1 amide bonds. The summed E-state index contributed by atoms with van der Waals surface area (Å²) in [5.74, 6) is -7.07. The van der Waals surface area contributed by atoms with Crippen LogP contribution in [0.1, 0.15) is 15.9 Å². The number of hydrogen-bond donors (Lipinski definition) is 0. The molecule has 10 heteroatoms. The molecule has 0 aliphatic carbocycles. The molecule has 0 bridgehead atoms. The maximum absolute atomic E-state index is 14.9. The molecule has 0 N–H and O–H groups in total. The van der Waals surface area contributed by atoms with Crippen molar-refractivity contribution in [3.63, 3.8) is 0 Å². The van der Waals surface area contributed by atoms with Gasteiger partial charge in [0.2, 0.25) is 0 Å². The van der Waals surface area contributed by atoms with Gasteiger partial charge in [0.15, 0.2) is 11.5 Å². The number of alkyl halides is 1. The van der Waals surface area contributed by atoms with Crippen LogP contribution < -0.4 is 9.47 Å². The van der Waals surface area contributed by atoms with Crippen LogP contribution in [0.25, 0.3) is 0 Å². The van der Waals surface area contributed by atoms with Crippen molar-refractivity contribution in [2.45, 2.75) is 5.79 Å². The first-order chi connectivity index (χ1) is 16.8. The van der Waals surface area contributed by atoms with E-state index in [4.69, 9.17) is 14.2 Å². The van der Waals surface area contributed by atoms with Crippen LogP contribution in [0.3, 0.4) is 0 Å². The molecular formula is C25H22F5NO4. The number of carbonyl (C=O) groups excluding carboxylic acids is 1. The molecule has 186 valence electrons. The summed E-state index contributed by atoms with van der Waals surface area (Å²) < 4.78 is 84.1. The normalized spacial score (nSPS) is 19.0. The van der Waals surface area contributed by atoms with Crippen molar-refractivity contribution in [1.29, 1.82) is 0 Å². The summed E-state index contributed by atoms with van der Waals surface area (Å²) in [6.07, 6.45) is 2.09. The minimum absolute atomic E-state index is 0.135. The molecule has 2 aliphatic rings. The predicted octanol–water partition coefficient (Wildman–Crippen LogP) is 5.38. The van der Waals surface area contributed by atoms with Gasteiger partial charge in [-0.1, -0.05) is 19.2 Å². The number of fused-ring (bicyclic) bond motifs is 1. The summed E-state index contributed by atoms with van der Waals surface area (Å²) in [6.45, 7) is 8.22. The molecule has 0 radical (unpaired) electrons. The van der Waals surface area contributed by atoms with E-state index >= 15 is 0 Å². The van der Waals surface area contributed by atoms with Gasteiger partial charge in [0.05, 0.1) is 37.1 Å². The highest BCUT2D eigenvalue weighted by Crippen LogP contribution is 2.50. The van der Waals surface area contributed by atoms with Crippen LogP contribution in [-0.4, -0.2) is 44.3 Å². The van der Waals surface area contributed by atoms with Crippen molar-refractivity contribution >= 4 is 5.91 Å². The lowest BCUT2D eigenvalue weighted by Gasteiger charge is -2.29. The first kappa shape index (κ1) is 26.0. The molecule has 2 aliphatic heterocycles. The first-order valence-corrected chi connectivity index (χ1v) is 10.4. The third-order valence-corrected chi connectivity index (χ3v) is 5.30. The van der Waals surface area contributed by atoms with E-state index in [2.05, 4.69) is 13.2 Å². The molecule has 2 aromatic rings. The Balaban J connectivity index is 0.00000167. The number of rotatable bonds is 5. The zero-order valence-corrected chi connectivity index (χ0v) is 18.8. The highest BCUT2D eigenvalue weighted by molar-refractivity contribution is 5.95. The monoisotopic (exact) mass is 495 g/mol. The van der Waals surface area contributed by atoms with Crippen molar-refractivity contribution in [2.75, 3.05) is 33.5 Å². The number of allylic oxidation sites excluding steroid dienone is 2. The van der Waals surface area contributed by atoms with Crippen molar-refractivity contribution in [1.82, 2.24) is 4.90 Å². The number of carbonyl (C=O) groups is 1. The molecule has 0 aromatic heterocycles. The van der Waals surface area contributed by atoms with Crippen LogP contribution in [0, 0.1) is 17.5 Å². The van der Waals surface area contributed by atoms with Crippen LogP contribution in [0.2, 0.25) is 0 Å². The molecule has 0 spiro atoms. The molecule has 2 heterocycles. The molecule has 5 nitrogen and oxygen atoms in total. The Kier molecular flexibility index (Phi) is 7.96. The Labute approximate surface area is 198 Å². The summed E-state index contributed by atoms with van der Waals surface area (Å²) in [6, 6.07) is 4.52. The molecule has 1 fully saturated rings. The quantitative estimate of drug-likeness (QED) is 0.413. The third-order valence-electron chi connectivity index (χ3n) is 5.30. The van der Waals surface area contributed by atoms with Gasteiger partial charge in [0.1, 0.15) is 23.3 Å². The zero-order valence-electron chi connectivity index (χ0n) is 18.8. The smallest absolute Gasteiger partial charge is 0.310 e. The van der Waals surface area contributed by atoms with Gasteiger partial charge in [0, 0.05) is 25.2 Å². The first-order valence-electron chi connectivity index (χ1n) is 10.4. The lowest BCUT2D eigenvalue weighted by atomic mass is 9.96. The van der Waals surface area contributed by atoms with Crippen molar-refractivity contribution in [3.05, 3.63) is 95.6 Å². The third kappa shape index (κ3) is 4.93. The SMILES string of the molecule is C=C/C=C(/F)C(=C)C1(c2ccc(F)cc2F)Oc2cc(F)c(C(=O)N3CCOCC3)cc2O1.CF. The van der Waals surface area contributed by atoms with Crippen LogP contribution in [-0.2, 0) is 10.5 Å². The molecular weight excluding hydrogens is 473 g/mol. The van der Waals surface area contributed by atoms with Gasteiger partial charge < -0.3 is 19.1 Å². The van der Waals surface area contributed by atoms with Gasteiger partial charge in [-0.3, -0.25) is 9.18 Å². The van der Waals surface area contributed by atoms with Gasteiger partial charge >= 0.3 is 5.79 Å². The van der Waals surface area contributed by atoms with E-state index in [-0.39, 0.29) is 35.7 Å². The summed E-state index contributed by atoms with van der Waals surface area (Å²) in [4.78, 5) is 14.2. The molecule has 4 rings (SSSR count). The lowest BCUT2D eigenvalue weighted by molar-refractivity contribution is -0.0522. The Morgan fingerprint density at radius 3 is 2.26 bits per heavy atom. The van der Waals surface area contributed by atoms with Crippen molar-refractivity contribution in [2.24, 2.45) is 0 Å². The summed E-state index contributed by atoms with van der Waals surface area (Å²) in [7, 11) is 0.500. The zero-order chi connectivity index (χ0) is 25.8. The van der Waals surface area contributed by atoms with E-state index < -0.39 is 40.5 Å². The molecule has 1 unspecified atom stereocenters. The number of benzene rings is 2. The fraction of sp³-hybridized carbons (Fsp3) is 0.240. The number of ether oxygens (including phenoxy) is 3. The van der Waals surface area contributed by atoms with Crippen LogP contribution in [0.15, 0.2) is 67.0 Å². The van der Waals surface area contributed by atoms with E-state index in [9.17, 15) is 26.7 Å². The summed E-state index contributed by atoms with van der Waals surface area (Å²) in [5.41, 5.74) is -1.16. The minimum atomic E-state index is -2.31. The number of hydrogen-bond acceptors (Lipinski definition) is 4. The number of halogens is 5. The van der Waals surface area contributed by atoms with Crippen LogP contribution >= 0.6 is 0 Å². The van der Waals surface area contributed by atoms with Crippen LogP contribution in [0.5, 0.6) is 11.5 Å². The fourth-order valence-corrected chi connectivity index (χ4v) is 3.64. The Morgan fingerprint density at radius 1 is 1.03 bits per heavy atom. The van der Waals surface area contributed by atoms with E-state index in [1.807, 2.05) is 0 Å². The second-order valence-corrected chi connectivity index (χ2v) is 7.36. The standard InChI is InChI=1S/C24H19F4NO4.CH3F/c1-3-4-18(26)14(2)24(17-6-5-15(25)11-20(17)28)32-21-12-16(19(27)13-22(21)33-24)23(30)29-7-9-31-10-8-29;1-2/h3-6,11-13H,1-2,7-10H2;1H3/b18-4+;. The van der Waals surface area contributed by atoms with Gasteiger partial charge in [-0.25, -0.2) is 17.6 Å². The topological polar surface area (TPSA) is 48.0 Å². The highest BCUT2D eigenvalue weighted by Gasteiger charge is 2.50. The Morgan fingerprint density at radius 2 is 1.66 bits per heavy atom. The number of nitrogens with zero attached hydrogens (tertiary/aromatic N) is 1. The maximum Gasteiger partial charge on any atom is 0.310 e. The van der Waals surface area contributed by atoms with Crippen LogP contribution in [0.4, 0.5) is 22.0 Å². The summed E-state index contributed by atoms with van der Waals surface area (Å²) >= 11 is 0. The maximum atomic E-state index is 14.9. The molecule has 0 saturated carbocycles. The highest BCUT2D eigenvalue weighted by atomic mass is 19.1. The second kappa shape index (κ2) is 10.7. The largest absolute Gasteiger partial charge is 0.440 e.